The Kier molecular flexibility index (Phi) is 8.98. The predicted octanol–water partition coefficient (Wildman–Crippen LogP) is 2.35. The van der Waals surface area contributed by atoms with Crippen molar-refractivity contribution < 1.29 is 23.9 Å². The van der Waals surface area contributed by atoms with Gasteiger partial charge in [0.15, 0.2) is 5.78 Å². The van der Waals surface area contributed by atoms with E-state index in [0.717, 1.165) is 11.4 Å². The number of aromatic amines is 1. The summed E-state index contributed by atoms with van der Waals surface area (Å²) in [7, 11) is 0. The smallest absolute Gasteiger partial charge is 0.407 e. The molecule has 1 aliphatic heterocycles. The molecule has 0 saturated heterocycles. The van der Waals surface area contributed by atoms with E-state index in [4.69, 9.17) is 4.74 Å². The van der Waals surface area contributed by atoms with Gasteiger partial charge in [0, 0.05) is 31.0 Å². The van der Waals surface area contributed by atoms with E-state index in [1.807, 2.05) is 40.7 Å². The van der Waals surface area contributed by atoms with E-state index in [1.54, 1.807) is 0 Å². The van der Waals surface area contributed by atoms with Crippen molar-refractivity contribution in [1.29, 1.82) is 0 Å². The van der Waals surface area contributed by atoms with Crippen LogP contribution in [0, 0.1) is 17.3 Å². The molecule has 0 radical (unpaired) electrons. The van der Waals surface area contributed by atoms with Crippen molar-refractivity contribution in [2.75, 3.05) is 13.2 Å². The number of carbonyl (C=O) groups excluding carboxylic acids is 4. The van der Waals surface area contributed by atoms with Gasteiger partial charge in [0.25, 0.3) is 5.91 Å². The largest absolute Gasteiger partial charge is 0.449 e. The highest BCUT2D eigenvalue weighted by Gasteiger charge is 2.32. The maximum absolute atomic E-state index is 13.0. The number of rotatable bonds is 6. The standard InChI is InChI=1S/C23H36N4O5/c1-14(2)19(25-22(31)32-13-23(3,4)5)18(28)11-15-7-6-8-16-12-17(27-26-16)9-10-24-21(30)20(15)29/h12,14-15,19H,6-11,13H2,1-5H3,(H,24,30)(H,25,31)(H,26,27). The molecule has 2 heterocycles. The number of aryl methyl sites for hydroxylation is 1. The first-order chi connectivity index (χ1) is 15.0. The molecule has 2 rings (SSSR count). The fourth-order valence-corrected chi connectivity index (χ4v) is 3.55. The van der Waals surface area contributed by atoms with Crippen molar-refractivity contribution in [1.82, 2.24) is 20.8 Å². The average molecular weight is 449 g/mol. The quantitative estimate of drug-likeness (QED) is 0.573. The summed E-state index contributed by atoms with van der Waals surface area (Å²) in [5, 5.41) is 12.4. The Morgan fingerprint density at radius 1 is 1.25 bits per heavy atom. The Hall–Kier alpha value is -2.71. The second-order valence-electron chi connectivity index (χ2n) is 10.0. The summed E-state index contributed by atoms with van der Waals surface area (Å²) in [4.78, 5) is 50.4. The molecular weight excluding hydrogens is 412 g/mol. The molecule has 9 nitrogen and oxygen atoms in total. The van der Waals surface area contributed by atoms with Gasteiger partial charge in [-0.05, 0) is 36.7 Å². The van der Waals surface area contributed by atoms with E-state index >= 15 is 0 Å². The lowest BCUT2D eigenvalue weighted by Crippen LogP contribution is -2.46. The van der Waals surface area contributed by atoms with Gasteiger partial charge in [0.1, 0.15) is 0 Å². The Bertz CT molecular complexity index is 825. The van der Waals surface area contributed by atoms with Crippen molar-refractivity contribution in [3.63, 3.8) is 0 Å². The molecule has 178 valence electrons. The first-order valence-corrected chi connectivity index (χ1v) is 11.3. The van der Waals surface area contributed by atoms with Crippen LogP contribution in [-0.2, 0) is 32.0 Å². The molecule has 3 N–H and O–H groups in total. The topological polar surface area (TPSA) is 130 Å². The maximum Gasteiger partial charge on any atom is 0.407 e. The summed E-state index contributed by atoms with van der Waals surface area (Å²) in [6, 6.07) is 1.16. The summed E-state index contributed by atoms with van der Waals surface area (Å²) >= 11 is 0. The number of Topliss-reactive ketones (excluding diaryl/α,β-unsaturated/α-hetero) is 2. The molecule has 0 saturated carbocycles. The molecule has 2 unspecified atom stereocenters. The monoisotopic (exact) mass is 448 g/mol. The molecule has 32 heavy (non-hydrogen) atoms. The van der Waals surface area contributed by atoms with Gasteiger partial charge in [-0.2, -0.15) is 5.10 Å². The van der Waals surface area contributed by atoms with Crippen molar-refractivity contribution >= 4 is 23.6 Å². The number of carbonyl (C=O) groups is 4. The fraction of sp³-hybridized carbons (Fsp3) is 0.696. The SMILES string of the molecule is CC(C)C(NC(=O)OCC(C)(C)C)C(=O)CC1CCCc2cc(n[nH]2)CCNC(=O)C1=O. The van der Waals surface area contributed by atoms with E-state index in [0.29, 0.717) is 32.2 Å². The van der Waals surface area contributed by atoms with Crippen LogP contribution in [0.5, 0.6) is 0 Å². The van der Waals surface area contributed by atoms with Gasteiger partial charge < -0.3 is 15.4 Å². The highest BCUT2D eigenvalue weighted by Crippen LogP contribution is 2.20. The zero-order valence-corrected chi connectivity index (χ0v) is 19.7. The Morgan fingerprint density at radius 2 is 1.97 bits per heavy atom. The van der Waals surface area contributed by atoms with Crippen LogP contribution in [0.3, 0.4) is 0 Å². The zero-order valence-electron chi connectivity index (χ0n) is 19.7. The number of fused-ring (bicyclic) bond motifs is 2. The number of hydrogen-bond donors (Lipinski definition) is 3. The predicted molar refractivity (Wildman–Crippen MR) is 119 cm³/mol. The number of hydrogen-bond acceptors (Lipinski definition) is 6. The van der Waals surface area contributed by atoms with Crippen LogP contribution < -0.4 is 10.6 Å². The lowest BCUT2D eigenvalue weighted by atomic mass is 9.86. The number of ether oxygens (including phenoxy) is 1. The van der Waals surface area contributed by atoms with Crippen LogP contribution in [0.15, 0.2) is 6.07 Å². The normalized spacial score (nSPS) is 18.9. The molecule has 1 aromatic rings. The lowest BCUT2D eigenvalue weighted by molar-refractivity contribution is -0.141. The van der Waals surface area contributed by atoms with Gasteiger partial charge in [-0.1, -0.05) is 34.6 Å². The number of H-pyrrole nitrogens is 1. The number of amides is 2. The zero-order chi connectivity index (χ0) is 23.9. The second kappa shape index (κ2) is 11.2. The number of alkyl carbamates (subject to hydrolysis) is 1. The summed E-state index contributed by atoms with van der Waals surface area (Å²) in [6.07, 6.45) is 1.46. The minimum atomic E-state index is -0.796. The fourth-order valence-electron chi connectivity index (χ4n) is 3.55. The minimum absolute atomic E-state index is 0.108. The van der Waals surface area contributed by atoms with E-state index < -0.39 is 29.7 Å². The average Bonchev–Trinajstić information content (AvgIpc) is 3.15. The molecule has 2 atom stereocenters. The molecule has 0 spiro atoms. The van der Waals surface area contributed by atoms with Gasteiger partial charge >= 0.3 is 6.09 Å². The molecule has 1 aliphatic rings. The molecule has 1 aromatic heterocycles. The van der Waals surface area contributed by atoms with Gasteiger partial charge in [0.05, 0.1) is 18.3 Å². The second-order valence-corrected chi connectivity index (χ2v) is 10.0. The Balaban J connectivity index is 2.05. The lowest BCUT2D eigenvalue weighted by Gasteiger charge is -2.24. The van der Waals surface area contributed by atoms with Gasteiger partial charge in [-0.25, -0.2) is 4.79 Å². The van der Waals surface area contributed by atoms with Crippen LogP contribution in [-0.4, -0.2) is 53.0 Å². The maximum atomic E-state index is 13.0. The highest BCUT2D eigenvalue weighted by atomic mass is 16.5. The summed E-state index contributed by atoms with van der Waals surface area (Å²) < 4.78 is 5.23. The van der Waals surface area contributed by atoms with Crippen LogP contribution in [0.2, 0.25) is 0 Å². The van der Waals surface area contributed by atoms with Gasteiger partial charge in [-0.3, -0.25) is 19.5 Å². The summed E-state index contributed by atoms with van der Waals surface area (Å²) in [5.41, 5.74) is 1.61. The van der Waals surface area contributed by atoms with E-state index in [1.165, 1.54) is 0 Å². The van der Waals surface area contributed by atoms with Crippen molar-refractivity contribution in [2.45, 2.75) is 72.8 Å². The van der Waals surface area contributed by atoms with Crippen LogP contribution in [0.4, 0.5) is 4.79 Å². The number of ketones is 2. The minimum Gasteiger partial charge on any atom is -0.449 e. The third kappa shape index (κ3) is 8.09. The van der Waals surface area contributed by atoms with Crippen molar-refractivity contribution in [3.8, 4) is 0 Å². The van der Waals surface area contributed by atoms with Crippen molar-refractivity contribution in [3.05, 3.63) is 17.5 Å². The summed E-state index contributed by atoms with van der Waals surface area (Å²) in [6.45, 7) is 9.97. The summed E-state index contributed by atoms with van der Waals surface area (Å²) in [5.74, 6) is -2.48. The first-order valence-electron chi connectivity index (χ1n) is 11.3. The molecule has 0 fully saturated rings. The number of aromatic nitrogens is 2. The molecular formula is C23H36N4O5. The number of nitrogens with one attached hydrogen (secondary N) is 3. The first kappa shape index (κ1) is 25.5. The van der Waals surface area contributed by atoms with Crippen molar-refractivity contribution in [2.24, 2.45) is 17.3 Å². The number of nitrogens with zero attached hydrogens (tertiary/aromatic N) is 1. The van der Waals surface area contributed by atoms with Gasteiger partial charge in [0.2, 0.25) is 5.78 Å². The van der Waals surface area contributed by atoms with Crippen LogP contribution in [0.25, 0.3) is 0 Å². The van der Waals surface area contributed by atoms with Crippen LogP contribution >= 0.6 is 0 Å². The molecule has 0 aliphatic carbocycles. The van der Waals surface area contributed by atoms with Crippen LogP contribution in [0.1, 0.15) is 65.3 Å². The van der Waals surface area contributed by atoms with E-state index in [2.05, 4.69) is 20.8 Å². The molecule has 2 bridgehead atoms. The van der Waals surface area contributed by atoms with Gasteiger partial charge in [-0.15, -0.1) is 0 Å². The Labute approximate surface area is 189 Å². The molecule has 2 amide bonds. The van der Waals surface area contributed by atoms with E-state index in [-0.39, 0.29) is 30.1 Å². The van der Waals surface area contributed by atoms with E-state index in [9.17, 15) is 19.2 Å². The molecule has 0 aromatic carbocycles. The molecule has 9 heteroatoms. The Morgan fingerprint density at radius 3 is 2.62 bits per heavy atom. The third-order valence-corrected chi connectivity index (χ3v) is 5.31. The highest BCUT2D eigenvalue weighted by molar-refractivity contribution is 6.37. The third-order valence-electron chi connectivity index (χ3n) is 5.31.